The van der Waals surface area contributed by atoms with Gasteiger partial charge in [-0.3, -0.25) is 0 Å². The molecule has 0 saturated carbocycles. The molecule has 2 unspecified atom stereocenters. The molecular formula is C14H25N3S. The van der Waals surface area contributed by atoms with Crippen LogP contribution in [0, 0.1) is 0 Å². The van der Waals surface area contributed by atoms with Crippen LogP contribution >= 0.6 is 11.3 Å². The second-order valence-corrected chi connectivity index (χ2v) is 6.28. The number of aryl methyl sites for hydroxylation is 1. The Morgan fingerprint density at radius 2 is 2.28 bits per heavy atom. The average Bonchev–Trinajstić information content (AvgIpc) is 2.80. The van der Waals surface area contributed by atoms with Crippen molar-refractivity contribution >= 4 is 11.3 Å². The van der Waals surface area contributed by atoms with Gasteiger partial charge in [-0.25, -0.2) is 0 Å². The first-order chi connectivity index (χ1) is 8.66. The minimum Gasteiger partial charge on any atom is -0.326 e. The van der Waals surface area contributed by atoms with Crippen molar-refractivity contribution in [1.82, 2.24) is 9.80 Å². The van der Waals surface area contributed by atoms with Crippen LogP contribution in [0.4, 0.5) is 0 Å². The zero-order valence-electron chi connectivity index (χ0n) is 11.5. The third kappa shape index (κ3) is 3.79. The molecule has 1 aromatic rings. The lowest BCUT2D eigenvalue weighted by molar-refractivity contribution is 0.191. The molecule has 1 aliphatic rings. The molecule has 2 N–H and O–H groups in total. The maximum Gasteiger partial charge on any atom is 0.0371 e. The van der Waals surface area contributed by atoms with Crippen LogP contribution in [0.2, 0.25) is 0 Å². The third-order valence-corrected chi connectivity index (χ3v) is 4.69. The molecule has 0 radical (unpaired) electrons. The van der Waals surface area contributed by atoms with Crippen molar-refractivity contribution < 1.29 is 0 Å². The van der Waals surface area contributed by atoms with Crippen LogP contribution in [0.3, 0.4) is 0 Å². The highest BCUT2D eigenvalue weighted by molar-refractivity contribution is 7.07. The van der Waals surface area contributed by atoms with Gasteiger partial charge in [0.2, 0.25) is 0 Å². The summed E-state index contributed by atoms with van der Waals surface area (Å²) >= 11 is 1.77. The van der Waals surface area contributed by atoms with Gasteiger partial charge < -0.3 is 15.5 Å². The first-order valence-corrected chi connectivity index (χ1v) is 7.76. The predicted octanol–water partition coefficient (Wildman–Crippen LogP) is 1.64. The molecule has 1 aliphatic heterocycles. The molecule has 1 fully saturated rings. The van der Waals surface area contributed by atoms with Crippen molar-refractivity contribution in [2.24, 2.45) is 5.73 Å². The number of rotatable bonds is 4. The zero-order valence-corrected chi connectivity index (χ0v) is 12.3. The Morgan fingerprint density at radius 3 is 3.00 bits per heavy atom. The van der Waals surface area contributed by atoms with Crippen molar-refractivity contribution in [3.63, 3.8) is 0 Å². The molecule has 1 aromatic heterocycles. The van der Waals surface area contributed by atoms with E-state index >= 15 is 0 Å². The van der Waals surface area contributed by atoms with Crippen LogP contribution in [0.15, 0.2) is 16.8 Å². The topological polar surface area (TPSA) is 32.5 Å². The number of nitrogens with zero attached hydrogens (tertiary/aromatic N) is 2. The van der Waals surface area contributed by atoms with Crippen LogP contribution in [-0.4, -0.2) is 55.6 Å². The first-order valence-electron chi connectivity index (χ1n) is 6.82. The van der Waals surface area contributed by atoms with Crippen molar-refractivity contribution in [1.29, 1.82) is 0 Å². The smallest absolute Gasteiger partial charge is 0.0371 e. The number of likely N-dealkylation sites (N-methyl/N-ethyl adjacent to an activating group) is 2. The van der Waals surface area contributed by atoms with Gasteiger partial charge in [0, 0.05) is 18.6 Å². The maximum atomic E-state index is 6.42. The fraction of sp³-hybridized carbons (Fsp3) is 0.714. The van der Waals surface area contributed by atoms with E-state index in [4.69, 9.17) is 5.73 Å². The van der Waals surface area contributed by atoms with Crippen molar-refractivity contribution in [2.45, 2.75) is 31.3 Å². The SMILES string of the molecule is CN1CCCN(C)C(C(N)CCc2ccsc2)C1. The van der Waals surface area contributed by atoms with Crippen LogP contribution < -0.4 is 5.73 Å². The normalized spacial score (nSPS) is 24.9. The predicted molar refractivity (Wildman–Crippen MR) is 79.1 cm³/mol. The molecule has 0 amide bonds. The maximum absolute atomic E-state index is 6.42. The Morgan fingerprint density at radius 1 is 1.44 bits per heavy atom. The molecule has 0 spiro atoms. The lowest BCUT2D eigenvalue weighted by Gasteiger charge is -2.32. The first kappa shape index (κ1) is 14.0. The van der Waals surface area contributed by atoms with E-state index in [0.29, 0.717) is 6.04 Å². The molecule has 2 heterocycles. The lowest BCUT2D eigenvalue weighted by Crippen LogP contribution is -2.50. The highest BCUT2D eigenvalue weighted by Crippen LogP contribution is 2.15. The molecule has 4 heteroatoms. The van der Waals surface area contributed by atoms with Gasteiger partial charge in [-0.15, -0.1) is 0 Å². The summed E-state index contributed by atoms with van der Waals surface area (Å²) in [5, 5.41) is 4.38. The summed E-state index contributed by atoms with van der Waals surface area (Å²) in [6.07, 6.45) is 3.44. The Hall–Kier alpha value is -0.420. The molecular weight excluding hydrogens is 242 g/mol. The number of hydrogen-bond donors (Lipinski definition) is 1. The Bertz CT molecular complexity index is 339. The van der Waals surface area contributed by atoms with Crippen molar-refractivity contribution in [3.05, 3.63) is 22.4 Å². The van der Waals surface area contributed by atoms with E-state index in [1.54, 1.807) is 11.3 Å². The monoisotopic (exact) mass is 267 g/mol. The van der Waals surface area contributed by atoms with Gasteiger partial charge in [0.15, 0.2) is 0 Å². The highest BCUT2D eigenvalue weighted by atomic mass is 32.1. The van der Waals surface area contributed by atoms with E-state index in [1.165, 1.54) is 25.1 Å². The second-order valence-electron chi connectivity index (χ2n) is 5.50. The van der Waals surface area contributed by atoms with Crippen LogP contribution in [0.1, 0.15) is 18.4 Å². The Kier molecular flexibility index (Phi) is 5.18. The largest absolute Gasteiger partial charge is 0.326 e. The van der Waals surface area contributed by atoms with E-state index in [9.17, 15) is 0 Å². The highest BCUT2D eigenvalue weighted by Gasteiger charge is 2.25. The van der Waals surface area contributed by atoms with Crippen LogP contribution in [0.25, 0.3) is 0 Å². The minimum atomic E-state index is 0.274. The van der Waals surface area contributed by atoms with Gasteiger partial charge in [-0.1, -0.05) is 0 Å². The molecule has 3 nitrogen and oxygen atoms in total. The molecule has 0 aliphatic carbocycles. The van der Waals surface area contributed by atoms with E-state index in [1.807, 2.05) is 0 Å². The summed E-state index contributed by atoms with van der Waals surface area (Å²) in [6.45, 7) is 3.46. The third-order valence-electron chi connectivity index (χ3n) is 3.96. The molecule has 1 saturated heterocycles. The van der Waals surface area contributed by atoms with Crippen molar-refractivity contribution in [2.75, 3.05) is 33.7 Å². The lowest BCUT2D eigenvalue weighted by atomic mass is 10.0. The zero-order chi connectivity index (χ0) is 13.0. The fourth-order valence-corrected chi connectivity index (χ4v) is 3.43. The molecule has 0 aromatic carbocycles. The van der Waals surface area contributed by atoms with Crippen molar-refractivity contribution in [3.8, 4) is 0 Å². The van der Waals surface area contributed by atoms with Crippen LogP contribution in [-0.2, 0) is 6.42 Å². The molecule has 0 bridgehead atoms. The van der Waals surface area contributed by atoms with E-state index in [-0.39, 0.29) is 6.04 Å². The van der Waals surface area contributed by atoms with E-state index in [2.05, 4.69) is 40.7 Å². The minimum absolute atomic E-state index is 0.274. The fourth-order valence-electron chi connectivity index (χ4n) is 2.73. The summed E-state index contributed by atoms with van der Waals surface area (Å²) in [4.78, 5) is 4.86. The number of thiophene rings is 1. The van der Waals surface area contributed by atoms with Gasteiger partial charge >= 0.3 is 0 Å². The summed E-state index contributed by atoms with van der Waals surface area (Å²) < 4.78 is 0. The quantitative estimate of drug-likeness (QED) is 0.900. The summed E-state index contributed by atoms with van der Waals surface area (Å²) in [5.41, 5.74) is 7.85. The van der Waals surface area contributed by atoms with Gasteiger partial charge in [-0.2, -0.15) is 11.3 Å². The Balaban J connectivity index is 1.87. The van der Waals surface area contributed by atoms with Gasteiger partial charge in [-0.05, 0) is 68.8 Å². The summed E-state index contributed by atoms with van der Waals surface area (Å²) in [7, 11) is 4.42. The molecule has 2 atom stereocenters. The molecule has 18 heavy (non-hydrogen) atoms. The van der Waals surface area contributed by atoms with Gasteiger partial charge in [0.1, 0.15) is 0 Å². The van der Waals surface area contributed by atoms with Crippen LogP contribution in [0.5, 0.6) is 0 Å². The Labute approximate surface area is 115 Å². The number of hydrogen-bond acceptors (Lipinski definition) is 4. The van der Waals surface area contributed by atoms with Gasteiger partial charge in [0.25, 0.3) is 0 Å². The van der Waals surface area contributed by atoms with E-state index in [0.717, 1.165) is 19.4 Å². The average molecular weight is 267 g/mol. The second kappa shape index (κ2) is 6.66. The van der Waals surface area contributed by atoms with E-state index < -0.39 is 0 Å². The number of nitrogens with two attached hydrogens (primary N) is 1. The van der Waals surface area contributed by atoms with Gasteiger partial charge in [0.05, 0.1) is 0 Å². The molecule has 102 valence electrons. The summed E-state index contributed by atoms with van der Waals surface area (Å²) in [6, 6.07) is 2.98. The summed E-state index contributed by atoms with van der Waals surface area (Å²) in [5.74, 6) is 0. The molecule has 2 rings (SSSR count). The standard InChI is InChI=1S/C14H25N3S/c1-16-7-3-8-17(2)14(10-16)13(15)5-4-12-6-9-18-11-12/h6,9,11,13-14H,3-5,7-8,10,15H2,1-2H3.